The van der Waals surface area contributed by atoms with Crippen molar-refractivity contribution in [2.75, 3.05) is 11.9 Å². The molecule has 0 bridgehead atoms. The van der Waals surface area contributed by atoms with Gasteiger partial charge in [0.1, 0.15) is 6.04 Å². The molecule has 1 aromatic carbocycles. The molecule has 0 radical (unpaired) electrons. The number of aliphatic hydroxyl groups is 1. The third kappa shape index (κ3) is 6.19. The number of carboxylic acid groups (broad SMARTS) is 1. The number of nitro benzene ring substituents is 1. The van der Waals surface area contributed by atoms with Gasteiger partial charge >= 0.3 is 5.97 Å². The van der Waals surface area contributed by atoms with Crippen LogP contribution in [0.25, 0.3) is 0 Å². The molecule has 0 aliphatic rings. The quantitative estimate of drug-likeness (QED) is 0.406. The Morgan fingerprint density at radius 2 is 2.09 bits per heavy atom. The van der Waals surface area contributed by atoms with E-state index in [0.29, 0.717) is 0 Å². The van der Waals surface area contributed by atoms with E-state index in [4.69, 9.17) is 21.8 Å². The van der Waals surface area contributed by atoms with E-state index < -0.39 is 35.4 Å². The Kier molecular flexibility index (Phi) is 6.89. The molecule has 4 N–H and O–H groups in total. The molecule has 0 aromatic heterocycles. The Morgan fingerprint density at radius 1 is 1.43 bits per heavy atom. The highest BCUT2D eigenvalue weighted by Crippen LogP contribution is 2.26. The topological polar surface area (TPSA) is 142 Å². The summed E-state index contributed by atoms with van der Waals surface area (Å²) in [6.45, 7) is 1.47. The summed E-state index contributed by atoms with van der Waals surface area (Å²) in [6.07, 6.45) is -1.20. The lowest BCUT2D eigenvalue weighted by molar-refractivity contribution is -0.384. The zero-order valence-corrected chi connectivity index (χ0v) is 12.9. The maximum absolute atomic E-state index is 11.9. The van der Waals surface area contributed by atoms with Crippen molar-refractivity contribution in [2.45, 2.75) is 25.5 Å². The van der Waals surface area contributed by atoms with Crippen LogP contribution in [0, 0.1) is 10.1 Å². The summed E-state index contributed by atoms with van der Waals surface area (Å²) in [7, 11) is 0. The summed E-state index contributed by atoms with van der Waals surface area (Å²) in [5.74, 6) is -1.94. The minimum Gasteiger partial charge on any atom is -0.480 e. The average Bonchev–Trinajstić information content (AvgIpc) is 2.44. The highest BCUT2D eigenvalue weighted by Gasteiger charge is 2.22. The predicted molar refractivity (Wildman–Crippen MR) is 82.5 cm³/mol. The van der Waals surface area contributed by atoms with Crippen LogP contribution in [-0.4, -0.2) is 45.7 Å². The molecule has 9 nitrogen and oxygen atoms in total. The molecule has 2 unspecified atom stereocenters. The number of amides is 1. The molecule has 0 aliphatic heterocycles. The fourth-order valence-electron chi connectivity index (χ4n) is 1.67. The number of carbonyl (C=O) groups is 2. The van der Waals surface area contributed by atoms with Crippen LogP contribution < -0.4 is 10.6 Å². The number of halogens is 1. The van der Waals surface area contributed by atoms with Crippen molar-refractivity contribution in [3.8, 4) is 0 Å². The van der Waals surface area contributed by atoms with Gasteiger partial charge < -0.3 is 20.8 Å². The fraction of sp³-hybridized carbons (Fsp3) is 0.385. The number of aliphatic carboxylic acids is 1. The number of benzene rings is 1. The minimum absolute atomic E-state index is 0.00180. The molecule has 1 amide bonds. The van der Waals surface area contributed by atoms with E-state index in [1.165, 1.54) is 19.1 Å². The molecule has 0 aliphatic carbocycles. The lowest BCUT2D eigenvalue weighted by atomic mass is 10.2. The van der Waals surface area contributed by atoms with Gasteiger partial charge in [-0.05, 0) is 13.0 Å². The van der Waals surface area contributed by atoms with Crippen LogP contribution in [0.5, 0.6) is 0 Å². The smallest absolute Gasteiger partial charge is 0.321 e. The van der Waals surface area contributed by atoms with Crippen molar-refractivity contribution < 1.29 is 24.7 Å². The van der Waals surface area contributed by atoms with Crippen molar-refractivity contribution in [3.05, 3.63) is 33.3 Å². The summed E-state index contributed by atoms with van der Waals surface area (Å²) in [5, 5.41) is 33.8. The number of carboxylic acids is 1. The van der Waals surface area contributed by atoms with Crippen LogP contribution in [0.2, 0.25) is 5.02 Å². The Labute approximate surface area is 136 Å². The predicted octanol–water partition coefficient (Wildman–Crippen LogP) is 1.00. The highest BCUT2D eigenvalue weighted by molar-refractivity contribution is 6.33. The summed E-state index contributed by atoms with van der Waals surface area (Å²) in [4.78, 5) is 33.0. The number of hydrogen-bond donors (Lipinski definition) is 4. The van der Waals surface area contributed by atoms with Gasteiger partial charge in [0, 0.05) is 18.7 Å². The van der Waals surface area contributed by atoms with E-state index in [9.17, 15) is 19.7 Å². The van der Waals surface area contributed by atoms with E-state index in [2.05, 4.69) is 10.6 Å². The SMILES string of the molecule is CC(O)CNC(CC(=O)Nc1cc([N+](=O)[O-])ccc1Cl)C(=O)O. The number of hydrogen-bond acceptors (Lipinski definition) is 6. The van der Waals surface area contributed by atoms with Gasteiger partial charge in [-0.25, -0.2) is 0 Å². The van der Waals surface area contributed by atoms with Gasteiger partial charge in [0.05, 0.1) is 28.2 Å². The number of nitrogens with one attached hydrogen (secondary N) is 2. The van der Waals surface area contributed by atoms with Gasteiger partial charge in [0.25, 0.3) is 5.69 Å². The van der Waals surface area contributed by atoms with Crippen LogP contribution in [0.4, 0.5) is 11.4 Å². The summed E-state index contributed by atoms with van der Waals surface area (Å²) in [5.41, 5.74) is -0.239. The van der Waals surface area contributed by atoms with E-state index >= 15 is 0 Å². The number of rotatable bonds is 8. The normalized spacial score (nSPS) is 13.2. The van der Waals surface area contributed by atoms with Crippen molar-refractivity contribution in [3.63, 3.8) is 0 Å². The number of nitrogens with zero attached hydrogens (tertiary/aromatic N) is 1. The number of aliphatic hydroxyl groups excluding tert-OH is 1. The molecule has 0 saturated carbocycles. The Hall–Kier alpha value is -2.23. The van der Waals surface area contributed by atoms with Gasteiger partial charge in [-0.3, -0.25) is 19.7 Å². The van der Waals surface area contributed by atoms with Gasteiger partial charge in [-0.2, -0.15) is 0 Å². The minimum atomic E-state index is -1.26. The van der Waals surface area contributed by atoms with Gasteiger partial charge in [-0.1, -0.05) is 11.6 Å². The highest BCUT2D eigenvalue weighted by atomic mass is 35.5. The first-order chi connectivity index (χ1) is 10.7. The number of carbonyl (C=O) groups excluding carboxylic acids is 1. The first-order valence-corrected chi connectivity index (χ1v) is 6.96. The van der Waals surface area contributed by atoms with E-state index in [1.54, 1.807) is 0 Å². The Balaban J connectivity index is 2.76. The Morgan fingerprint density at radius 3 is 2.61 bits per heavy atom. The summed E-state index contributed by atoms with van der Waals surface area (Å²) in [6, 6.07) is 2.32. The third-order valence-corrected chi connectivity index (χ3v) is 3.11. The summed E-state index contributed by atoms with van der Waals surface area (Å²) < 4.78 is 0. The second-order valence-electron chi connectivity index (χ2n) is 4.82. The van der Waals surface area contributed by atoms with Crippen molar-refractivity contribution in [2.24, 2.45) is 0 Å². The van der Waals surface area contributed by atoms with Crippen molar-refractivity contribution in [1.29, 1.82) is 0 Å². The molecule has 2 atom stereocenters. The number of non-ortho nitro benzene ring substituents is 1. The molecule has 0 saturated heterocycles. The molecule has 126 valence electrons. The number of nitro groups is 1. The fourth-order valence-corrected chi connectivity index (χ4v) is 1.83. The second kappa shape index (κ2) is 8.42. The molecule has 10 heteroatoms. The molecule has 0 fully saturated rings. The van der Waals surface area contributed by atoms with Gasteiger partial charge in [0.15, 0.2) is 0 Å². The van der Waals surface area contributed by atoms with E-state index in [1.807, 2.05) is 0 Å². The van der Waals surface area contributed by atoms with Crippen molar-refractivity contribution in [1.82, 2.24) is 5.32 Å². The van der Waals surface area contributed by atoms with Gasteiger partial charge in [0.2, 0.25) is 5.91 Å². The molecule has 1 rings (SSSR count). The van der Waals surface area contributed by atoms with Crippen LogP contribution in [0.15, 0.2) is 18.2 Å². The lowest BCUT2D eigenvalue weighted by Gasteiger charge is -2.15. The van der Waals surface area contributed by atoms with Crippen LogP contribution in [0.3, 0.4) is 0 Å². The molecule has 0 spiro atoms. The average molecular weight is 346 g/mol. The molecule has 23 heavy (non-hydrogen) atoms. The first kappa shape index (κ1) is 18.8. The zero-order chi connectivity index (χ0) is 17.6. The zero-order valence-electron chi connectivity index (χ0n) is 12.2. The van der Waals surface area contributed by atoms with Crippen LogP contribution in [-0.2, 0) is 9.59 Å². The standard InChI is InChI=1S/C13H16ClN3O6/c1-7(18)6-15-11(13(20)21)5-12(19)16-10-4-8(17(22)23)2-3-9(10)14/h2-4,7,11,15,18H,5-6H2,1H3,(H,16,19)(H,20,21). The molecule has 0 heterocycles. The van der Waals surface area contributed by atoms with Crippen LogP contribution >= 0.6 is 11.6 Å². The van der Waals surface area contributed by atoms with E-state index in [-0.39, 0.29) is 22.9 Å². The van der Waals surface area contributed by atoms with Crippen molar-refractivity contribution >= 4 is 34.9 Å². The maximum atomic E-state index is 11.9. The second-order valence-corrected chi connectivity index (χ2v) is 5.23. The van der Waals surface area contributed by atoms with Gasteiger partial charge in [-0.15, -0.1) is 0 Å². The lowest BCUT2D eigenvalue weighted by Crippen LogP contribution is -2.42. The molecular weight excluding hydrogens is 330 g/mol. The largest absolute Gasteiger partial charge is 0.480 e. The first-order valence-electron chi connectivity index (χ1n) is 6.58. The van der Waals surface area contributed by atoms with E-state index in [0.717, 1.165) is 6.07 Å². The molecule has 1 aromatic rings. The van der Waals surface area contributed by atoms with Crippen LogP contribution in [0.1, 0.15) is 13.3 Å². The Bertz CT molecular complexity index is 607. The maximum Gasteiger partial charge on any atom is 0.321 e. The monoisotopic (exact) mass is 345 g/mol. The molecular formula is C13H16ClN3O6. The third-order valence-electron chi connectivity index (χ3n) is 2.78. The summed E-state index contributed by atoms with van der Waals surface area (Å²) >= 11 is 5.84. The number of anilines is 1.